The first-order valence-corrected chi connectivity index (χ1v) is 8.14. The van der Waals surface area contributed by atoms with Gasteiger partial charge >= 0.3 is 0 Å². The predicted octanol–water partition coefficient (Wildman–Crippen LogP) is 0.554. The van der Waals surface area contributed by atoms with Gasteiger partial charge in [0.15, 0.2) is 0 Å². The molecule has 0 saturated carbocycles. The summed E-state index contributed by atoms with van der Waals surface area (Å²) < 4.78 is 12.9. The van der Waals surface area contributed by atoms with Crippen molar-refractivity contribution in [3.8, 4) is 0 Å². The van der Waals surface area contributed by atoms with Gasteiger partial charge < -0.3 is 25.2 Å². The van der Waals surface area contributed by atoms with Crippen LogP contribution in [0.4, 0.5) is 17.5 Å². The van der Waals surface area contributed by atoms with E-state index in [1.165, 1.54) is 0 Å². The molecule has 2 fully saturated rings. The van der Waals surface area contributed by atoms with Crippen LogP contribution >= 0.6 is 22.9 Å². The summed E-state index contributed by atoms with van der Waals surface area (Å²) in [5.74, 6) is 1.14. The van der Waals surface area contributed by atoms with E-state index in [0.29, 0.717) is 25.0 Å². The number of nitrogens with one attached hydrogen (secondary N) is 2. The minimum absolute atomic E-state index is 0.0444. The number of halogens is 1. The minimum atomic E-state index is -0.556. The summed E-state index contributed by atoms with van der Waals surface area (Å²) in [7, 11) is 0. The lowest BCUT2D eigenvalue weighted by Gasteiger charge is -2.18. The fraction of sp³-hybridized carbons (Fsp3) is 0.462. The first-order valence-electron chi connectivity index (χ1n) is 7.18. The molecule has 2 saturated heterocycles. The monoisotopic (exact) mass is 430 g/mol. The molecule has 0 aliphatic carbocycles. The van der Waals surface area contributed by atoms with Crippen molar-refractivity contribution in [3.63, 3.8) is 0 Å². The quantitative estimate of drug-likeness (QED) is 0.605. The van der Waals surface area contributed by atoms with Crippen LogP contribution < -0.4 is 10.6 Å². The molecule has 3 N–H and O–H groups in total. The smallest absolute Gasteiger partial charge is 0.229 e. The third-order valence-corrected chi connectivity index (χ3v) is 4.35. The van der Waals surface area contributed by atoms with Crippen molar-refractivity contribution < 1.29 is 14.6 Å². The standard InChI is InChI=1S/C13H15IN6O3/c14-20-4-7(3-16-20)17-13-15-2-1-10(19-13)18-8-5-22-12-9(21)6-23-11(8)12/h1-4,8-9,11-12,21H,5-6H2,(H2,15,17,18,19). The van der Waals surface area contributed by atoms with Crippen molar-refractivity contribution in [3.05, 3.63) is 24.7 Å². The van der Waals surface area contributed by atoms with Gasteiger partial charge in [0.1, 0.15) is 24.1 Å². The molecule has 10 heteroatoms. The molecule has 122 valence electrons. The number of hydrogen-bond donors (Lipinski definition) is 3. The molecular weight excluding hydrogens is 415 g/mol. The van der Waals surface area contributed by atoms with E-state index in [9.17, 15) is 5.11 Å². The highest BCUT2D eigenvalue weighted by molar-refractivity contribution is 14.1. The zero-order valence-electron chi connectivity index (χ0n) is 12.0. The first kappa shape index (κ1) is 15.1. The number of aliphatic hydroxyl groups excluding tert-OH is 1. The van der Waals surface area contributed by atoms with Crippen molar-refractivity contribution in [1.82, 2.24) is 18.0 Å². The molecule has 0 spiro atoms. The van der Waals surface area contributed by atoms with Crippen LogP contribution in [0, 0.1) is 0 Å². The van der Waals surface area contributed by atoms with Crippen molar-refractivity contribution >= 4 is 40.3 Å². The van der Waals surface area contributed by atoms with Crippen LogP contribution in [0.1, 0.15) is 0 Å². The lowest BCUT2D eigenvalue weighted by Crippen LogP contribution is -2.36. The van der Waals surface area contributed by atoms with Gasteiger partial charge in [-0.05, 0) is 6.07 Å². The summed E-state index contributed by atoms with van der Waals surface area (Å²) in [5.41, 5.74) is 0.808. The zero-order valence-corrected chi connectivity index (χ0v) is 14.1. The molecular formula is C13H15IN6O3. The Bertz CT molecular complexity index is 698. The number of ether oxygens (including phenoxy) is 2. The van der Waals surface area contributed by atoms with Gasteiger partial charge in [0.2, 0.25) is 5.95 Å². The maximum atomic E-state index is 9.77. The van der Waals surface area contributed by atoms with Gasteiger partial charge in [-0.2, -0.15) is 10.1 Å². The van der Waals surface area contributed by atoms with E-state index in [2.05, 4.69) is 48.6 Å². The molecule has 2 aromatic heterocycles. The number of nitrogens with zero attached hydrogens (tertiary/aromatic N) is 4. The van der Waals surface area contributed by atoms with Crippen molar-refractivity contribution in [1.29, 1.82) is 0 Å². The second-order valence-electron chi connectivity index (χ2n) is 5.42. The van der Waals surface area contributed by atoms with Gasteiger partial charge in [-0.25, -0.2) is 7.88 Å². The fourth-order valence-electron chi connectivity index (χ4n) is 2.78. The molecule has 4 rings (SSSR count). The largest absolute Gasteiger partial charge is 0.388 e. The summed E-state index contributed by atoms with van der Waals surface area (Å²) in [5, 5.41) is 20.2. The van der Waals surface area contributed by atoms with Crippen LogP contribution in [-0.2, 0) is 9.47 Å². The van der Waals surface area contributed by atoms with Crippen LogP contribution in [0.25, 0.3) is 0 Å². The number of aliphatic hydroxyl groups is 1. The minimum Gasteiger partial charge on any atom is -0.388 e. The molecule has 4 heterocycles. The van der Waals surface area contributed by atoms with Crippen LogP contribution in [0.2, 0.25) is 0 Å². The number of anilines is 3. The normalized spacial score (nSPS) is 29.5. The fourth-order valence-corrected chi connectivity index (χ4v) is 3.21. The average molecular weight is 430 g/mol. The Labute approximate surface area is 145 Å². The Hall–Kier alpha value is -1.50. The van der Waals surface area contributed by atoms with Gasteiger partial charge in [0, 0.05) is 6.20 Å². The van der Waals surface area contributed by atoms with E-state index >= 15 is 0 Å². The number of rotatable bonds is 4. The lowest BCUT2D eigenvalue weighted by molar-refractivity contribution is 0.0184. The number of hydrogen-bond acceptors (Lipinski definition) is 8. The molecule has 9 nitrogen and oxygen atoms in total. The summed E-state index contributed by atoms with van der Waals surface area (Å²) in [6.45, 7) is 0.783. The Morgan fingerprint density at radius 1 is 1.30 bits per heavy atom. The molecule has 4 atom stereocenters. The highest BCUT2D eigenvalue weighted by Crippen LogP contribution is 2.28. The zero-order chi connectivity index (χ0) is 15.8. The van der Waals surface area contributed by atoms with E-state index in [-0.39, 0.29) is 18.2 Å². The summed E-state index contributed by atoms with van der Waals surface area (Å²) >= 11 is 2.06. The van der Waals surface area contributed by atoms with Crippen molar-refractivity contribution in [2.24, 2.45) is 0 Å². The van der Waals surface area contributed by atoms with Crippen LogP contribution in [0.3, 0.4) is 0 Å². The van der Waals surface area contributed by atoms with Gasteiger partial charge in [0.25, 0.3) is 0 Å². The van der Waals surface area contributed by atoms with Crippen molar-refractivity contribution in [2.75, 3.05) is 23.8 Å². The van der Waals surface area contributed by atoms with Gasteiger partial charge in [-0.1, -0.05) is 0 Å². The van der Waals surface area contributed by atoms with Crippen LogP contribution in [0.5, 0.6) is 0 Å². The highest BCUT2D eigenvalue weighted by Gasteiger charge is 2.47. The summed E-state index contributed by atoms with van der Waals surface area (Å²) in [6.07, 6.45) is 4.21. The molecule has 0 aromatic carbocycles. The SMILES string of the molecule is OC1COC2C(Nc3ccnc(Nc4cnn(I)c4)n3)COC12. The Morgan fingerprint density at radius 3 is 3.00 bits per heavy atom. The Morgan fingerprint density at radius 2 is 2.17 bits per heavy atom. The molecule has 23 heavy (non-hydrogen) atoms. The molecule has 0 amide bonds. The molecule has 2 aromatic rings. The summed E-state index contributed by atoms with van der Waals surface area (Å²) in [6, 6.07) is 1.74. The van der Waals surface area contributed by atoms with Gasteiger partial charge in [-0.15, -0.1) is 0 Å². The first-order chi connectivity index (χ1) is 11.2. The third kappa shape index (κ3) is 3.11. The number of aromatic nitrogens is 4. The van der Waals surface area contributed by atoms with Gasteiger partial charge in [-0.3, -0.25) is 0 Å². The molecule has 2 aliphatic heterocycles. The van der Waals surface area contributed by atoms with Crippen LogP contribution in [0.15, 0.2) is 24.7 Å². The topological polar surface area (TPSA) is 106 Å². The third-order valence-electron chi connectivity index (χ3n) is 3.83. The maximum absolute atomic E-state index is 9.77. The van der Waals surface area contributed by atoms with E-state index < -0.39 is 6.10 Å². The second-order valence-corrected chi connectivity index (χ2v) is 6.41. The van der Waals surface area contributed by atoms with E-state index in [4.69, 9.17) is 9.47 Å². The Kier molecular flexibility index (Phi) is 4.05. The summed E-state index contributed by atoms with van der Waals surface area (Å²) in [4.78, 5) is 8.62. The van der Waals surface area contributed by atoms with E-state index in [1.54, 1.807) is 21.4 Å². The van der Waals surface area contributed by atoms with E-state index in [0.717, 1.165) is 5.69 Å². The predicted molar refractivity (Wildman–Crippen MR) is 89.9 cm³/mol. The second kappa shape index (κ2) is 6.19. The molecule has 4 unspecified atom stereocenters. The number of fused-ring (bicyclic) bond motifs is 1. The lowest BCUT2D eigenvalue weighted by atomic mass is 10.1. The van der Waals surface area contributed by atoms with E-state index in [1.807, 2.05) is 6.20 Å². The van der Waals surface area contributed by atoms with Gasteiger partial charge in [0.05, 0.1) is 60.2 Å². The van der Waals surface area contributed by atoms with Crippen molar-refractivity contribution in [2.45, 2.75) is 24.4 Å². The highest BCUT2D eigenvalue weighted by atomic mass is 127. The molecule has 2 aliphatic rings. The average Bonchev–Trinajstić information content (AvgIpc) is 3.21. The molecule has 0 radical (unpaired) electrons. The molecule has 0 bridgehead atoms. The Balaban J connectivity index is 1.44. The maximum Gasteiger partial charge on any atom is 0.229 e. The van der Waals surface area contributed by atoms with Crippen LogP contribution in [-0.4, -0.2) is 60.6 Å².